The molecule has 1 aromatic heterocycles. The van der Waals surface area contributed by atoms with E-state index in [1.807, 2.05) is 0 Å². The summed E-state index contributed by atoms with van der Waals surface area (Å²) < 4.78 is 4.98. The van der Waals surface area contributed by atoms with Crippen LogP contribution < -0.4 is 11.1 Å². The van der Waals surface area contributed by atoms with Crippen molar-refractivity contribution in [3.8, 4) is 0 Å². The first kappa shape index (κ1) is 17.6. The van der Waals surface area contributed by atoms with Gasteiger partial charge in [0.1, 0.15) is 5.02 Å². The molecule has 0 spiro atoms. The maximum absolute atomic E-state index is 12.1. The maximum atomic E-state index is 12.1. The molecule has 8 nitrogen and oxygen atoms in total. The minimum atomic E-state index is -1.22. The molecule has 0 unspecified atom stereocenters. The van der Waals surface area contributed by atoms with Crippen LogP contribution in [0, 0.1) is 0 Å². The number of amides is 3. The predicted molar refractivity (Wildman–Crippen MR) is 83.7 cm³/mol. The Bertz CT molecular complexity index is 697. The number of nitrogens with zero attached hydrogens (tertiary/aromatic N) is 2. The highest BCUT2D eigenvalue weighted by Crippen LogP contribution is 2.34. The standard InChI is InChI=1S/C12H11Cl3N4O4/c1-4(10(20)19-3-2-17-12(19)22)23-11(21)8-5(13)7(16)6(14)9(15)18-8/h4H,2-3H2,1H3,(H2,16,18)(H,17,22)/t4-/m0/s1. The monoisotopic (exact) mass is 380 g/mol. The highest BCUT2D eigenvalue weighted by atomic mass is 35.5. The van der Waals surface area contributed by atoms with Crippen LogP contribution in [0.15, 0.2) is 0 Å². The van der Waals surface area contributed by atoms with Gasteiger partial charge in [-0.15, -0.1) is 0 Å². The first-order valence-electron chi connectivity index (χ1n) is 6.34. The minimum absolute atomic E-state index is 0.0916. The summed E-state index contributed by atoms with van der Waals surface area (Å²) in [6.07, 6.45) is -1.22. The van der Waals surface area contributed by atoms with Crippen LogP contribution >= 0.6 is 34.8 Å². The largest absolute Gasteiger partial charge is 0.448 e. The fraction of sp³-hybridized carbons (Fsp3) is 0.333. The Labute approximate surface area is 145 Å². The number of pyridine rings is 1. The Morgan fingerprint density at radius 3 is 2.57 bits per heavy atom. The molecular weight excluding hydrogens is 371 g/mol. The fourth-order valence-corrected chi connectivity index (χ4v) is 2.42. The molecule has 0 aromatic carbocycles. The summed E-state index contributed by atoms with van der Waals surface area (Å²) in [5.74, 6) is -1.68. The molecule has 2 heterocycles. The second kappa shape index (κ2) is 6.77. The number of nitrogens with one attached hydrogen (secondary N) is 1. The number of rotatable bonds is 3. The van der Waals surface area contributed by atoms with Gasteiger partial charge in [-0.2, -0.15) is 0 Å². The summed E-state index contributed by atoms with van der Waals surface area (Å²) in [6, 6.07) is -0.548. The highest BCUT2D eigenvalue weighted by molar-refractivity contribution is 6.46. The van der Waals surface area contributed by atoms with Gasteiger partial charge in [0.2, 0.25) is 0 Å². The van der Waals surface area contributed by atoms with Gasteiger partial charge in [0.15, 0.2) is 17.0 Å². The molecule has 1 aromatic rings. The Kier molecular flexibility index (Phi) is 5.18. The zero-order valence-corrected chi connectivity index (χ0v) is 14.0. The van der Waals surface area contributed by atoms with Crippen molar-refractivity contribution in [1.82, 2.24) is 15.2 Å². The number of nitrogen functional groups attached to an aromatic ring is 1. The molecule has 1 atom stereocenters. The number of halogens is 3. The number of aromatic nitrogens is 1. The number of nitrogens with two attached hydrogens (primary N) is 1. The van der Waals surface area contributed by atoms with Crippen LogP contribution in [0.4, 0.5) is 10.5 Å². The third kappa shape index (κ3) is 3.44. The van der Waals surface area contributed by atoms with E-state index in [9.17, 15) is 14.4 Å². The van der Waals surface area contributed by atoms with Crippen LogP contribution in [0.1, 0.15) is 17.4 Å². The number of carbonyl (C=O) groups excluding carboxylic acids is 3. The zero-order chi connectivity index (χ0) is 17.3. The molecule has 23 heavy (non-hydrogen) atoms. The van der Waals surface area contributed by atoms with Crippen molar-refractivity contribution < 1.29 is 19.1 Å². The van der Waals surface area contributed by atoms with Gasteiger partial charge in [0.25, 0.3) is 5.91 Å². The van der Waals surface area contributed by atoms with E-state index in [1.54, 1.807) is 0 Å². The summed E-state index contributed by atoms with van der Waals surface area (Å²) >= 11 is 17.4. The summed E-state index contributed by atoms with van der Waals surface area (Å²) in [5.41, 5.74) is 5.11. The van der Waals surface area contributed by atoms with E-state index in [4.69, 9.17) is 45.3 Å². The minimum Gasteiger partial charge on any atom is -0.448 e. The van der Waals surface area contributed by atoms with E-state index in [1.165, 1.54) is 6.92 Å². The fourth-order valence-electron chi connectivity index (χ4n) is 1.83. The van der Waals surface area contributed by atoms with Gasteiger partial charge in [-0.25, -0.2) is 14.6 Å². The summed E-state index contributed by atoms with van der Waals surface area (Å²) in [7, 11) is 0. The molecule has 2 rings (SSSR count). The Hall–Kier alpha value is -1.77. The van der Waals surface area contributed by atoms with Gasteiger partial charge < -0.3 is 15.8 Å². The second-order valence-electron chi connectivity index (χ2n) is 4.56. The van der Waals surface area contributed by atoms with E-state index < -0.39 is 24.0 Å². The van der Waals surface area contributed by atoms with E-state index >= 15 is 0 Å². The third-order valence-corrected chi connectivity index (χ3v) is 4.16. The molecular formula is C12H11Cl3N4O4. The molecule has 1 fully saturated rings. The Morgan fingerprint density at radius 2 is 2.00 bits per heavy atom. The van der Waals surface area contributed by atoms with Crippen LogP contribution in [0.5, 0.6) is 0 Å². The zero-order valence-electron chi connectivity index (χ0n) is 11.7. The van der Waals surface area contributed by atoms with Crippen molar-refractivity contribution in [2.75, 3.05) is 18.8 Å². The summed E-state index contributed by atoms with van der Waals surface area (Å²) in [4.78, 5) is 40.2. The lowest BCUT2D eigenvalue weighted by Gasteiger charge is -2.18. The maximum Gasteiger partial charge on any atom is 0.359 e. The van der Waals surface area contributed by atoms with E-state index in [-0.39, 0.29) is 33.1 Å². The normalized spacial score (nSPS) is 15.3. The van der Waals surface area contributed by atoms with Gasteiger partial charge in [0, 0.05) is 13.1 Å². The number of hydrogen-bond acceptors (Lipinski definition) is 6. The average Bonchev–Trinajstić information content (AvgIpc) is 2.93. The van der Waals surface area contributed by atoms with Crippen molar-refractivity contribution in [3.05, 3.63) is 20.9 Å². The molecule has 1 saturated heterocycles. The molecule has 1 aliphatic rings. The van der Waals surface area contributed by atoms with Crippen LogP contribution in [-0.4, -0.2) is 47.0 Å². The Balaban J connectivity index is 2.16. The number of esters is 1. The molecule has 0 bridgehead atoms. The molecule has 124 valence electrons. The van der Waals surface area contributed by atoms with Gasteiger partial charge in [-0.3, -0.25) is 9.69 Å². The van der Waals surface area contributed by atoms with Gasteiger partial charge in [-0.05, 0) is 6.92 Å². The van der Waals surface area contributed by atoms with Crippen molar-refractivity contribution in [2.24, 2.45) is 0 Å². The van der Waals surface area contributed by atoms with Crippen molar-refractivity contribution in [1.29, 1.82) is 0 Å². The summed E-state index contributed by atoms with van der Waals surface area (Å²) in [5, 5.41) is 1.92. The topological polar surface area (TPSA) is 115 Å². The molecule has 3 N–H and O–H groups in total. The van der Waals surface area contributed by atoms with Crippen LogP contribution in [0.3, 0.4) is 0 Å². The molecule has 3 amide bonds. The molecule has 11 heteroatoms. The summed E-state index contributed by atoms with van der Waals surface area (Å²) in [6.45, 7) is 1.85. The first-order chi connectivity index (χ1) is 10.7. The number of urea groups is 1. The van der Waals surface area contributed by atoms with Gasteiger partial charge >= 0.3 is 12.0 Å². The third-order valence-electron chi connectivity index (χ3n) is 3.02. The lowest BCUT2D eigenvalue weighted by molar-refractivity contribution is -0.136. The predicted octanol–water partition coefficient (Wildman–Crippen LogP) is 1.72. The first-order valence-corrected chi connectivity index (χ1v) is 7.47. The van der Waals surface area contributed by atoms with Crippen molar-refractivity contribution in [2.45, 2.75) is 13.0 Å². The number of hydrogen-bond donors (Lipinski definition) is 2. The molecule has 0 radical (unpaired) electrons. The van der Waals surface area contributed by atoms with Crippen LogP contribution in [-0.2, 0) is 9.53 Å². The van der Waals surface area contributed by atoms with Gasteiger partial charge in [0.05, 0.1) is 10.7 Å². The number of anilines is 1. The Morgan fingerprint density at radius 1 is 1.35 bits per heavy atom. The van der Waals surface area contributed by atoms with Crippen LogP contribution in [0.2, 0.25) is 15.2 Å². The lowest BCUT2D eigenvalue weighted by Crippen LogP contribution is -2.41. The smallest absolute Gasteiger partial charge is 0.359 e. The average molecular weight is 382 g/mol. The molecule has 0 saturated carbocycles. The van der Waals surface area contributed by atoms with E-state index in [0.717, 1.165) is 4.90 Å². The number of imide groups is 1. The SMILES string of the molecule is C[C@H](OC(=O)c1nc(Cl)c(Cl)c(N)c1Cl)C(=O)N1CCNC1=O. The highest BCUT2D eigenvalue weighted by Gasteiger charge is 2.32. The van der Waals surface area contributed by atoms with Gasteiger partial charge in [-0.1, -0.05) is 34.8 Å². The van der Waals surface area contributed by atoms with Crippen molar-refractivity contribution in [3.63, 3.8) is 0 Å². The van der Waals surface area contributed by atoms with E-state index in [0.29, 0.717) is 6.54 Å². The quantitative estimate of drug-likeness (QED) is 0.608. The second-order valence-corrected chi connectivity index (χ2v) is 5.68. The number of ether oxygens (including phenoxy) is 1. The molecule has 0 aliphatic carbocycles. The van der Waals surface area contributed by atoms with Crippen molar-refractivity contribution >= 4 is 58.4 Å². The van der Waals surface area contributed by atoms with E-state index in [2.05, 4.69) is 10.3 Å². The lowest BCUT2D eigenvalue weighted by atomic mass is 10.3. The van der Waals surface area contributed by atoms with Crippen LogP contribution in [0.25, 0.3) is 0 Å². The molecule has 1 aliphatic heterocycles. The number of carbonyl (C=O) groups is 3.